The van der Waals surface area contributed by atoms with Gasteiger partial charge in [0.1, 0.15) is 0 Å². The van der Waals surface area contributed by atoms with E-state index in [0.29, 0.717) is 17.7 Å². The molecule has 106 valence electrons. The summed E-state index contributed by atoms with van der Waals surface area (Å²) in [5, 5.41) is 12.7. The molecule has 3 nitrogen and oxygen atoms in total. The van der Waals surface area contributed by atoms with Gasteiger partial charge in [0.15, 0.2) is 5.78 Å². The summed E-state index contributed by atoms with van der Waals surface area (Å²) < 4.78 is 0. The van der Waals surface area contributed by atoms with E-state index in [4.69, 9.17) is 0 Å². The fourth-order valence-electron chi connectivity index (χ4n) is 2.91. The fraction of sp³-hybridized carbons (Fsp3) is 0.222. The topological polar surface area (TPSA) is 49.7 Å². The second-order valence-electron chi connectivity index (χ2n) is 5.45. The van der Waals surface area contributed by atoms with Crippen molar-refractivity contribution in [2.75, 3.05) is 0 Å². The molecule has 0 fully saturated rings. The van der Waals surface area contributed by atoms with E-state index in [2.05, 4.69) is 5.16 Å². The standard InChI is InChI=1S/C18H17NO2/c1-12-6-8-14(9-7-12)18(20)17-15-5-3-2-4-13(15)10-11-16(17)19-21/h2-9,17,21H,10-11H2,1H3/b19-16-. The predicted molar refractivity (Wildman–Crippen MR) is 82.2 cm³/mol. The van der Waals surface area contributed by atoms with Crippen LogP contribution in [-0.4, -0.2) is 16.7 Å². The lowest BCUT2D eigenvalue weighted by atomic mass is 9.77. The monoisotopic (exact) mass is 279 g/mol. The zero-order valence-electron chi connectivity index (χ0n) is 11.9. The number of Topliss-reactive ketones (excluding diaryl/α,β-unsaturated/α-hetero) is 1. The van der Waals surface area contributed by atoms with Crippen LogP contribution in [-0.2, 0) is 6.42 Å². The van der Waals surface area contributed by atoms with Gasteiger partial charge in [0.05, 0.1) is 11.6 Å². The Balaban J connectivity index is 2.06. The van der Waals surface area contributed by atoms with Gasteiger partial charge in [-0.3, -0.25) is 4.79 Å². The van der Waals surface area contributed by atoms with E-state index >= 15 is 0 Å². The lowest BCUT2D eigenvalue weighted by molar-refractivity contribution is 0.0979. The van der Waals surface area contributed by atoms with E-state index in [1.165, 1.54) is 0 Å². The minimum Gasteiger partial charge on any atom is -0.411 e. The molecule has 0 spiro atoms. The molecule has 2 aromatic carbocycles. The number of fused-ring (bicyclic) bond motifs is 1. The molecule has 3 heteroatoms. The van der Waals surface area contributed by atoms with Crippen LogP contribution in [0.3, 0.4) is 0 Å². The van der Waals surface area contributed by atoms with Crippen molar-refractivity contribution in [3.05, 3.63) is 70.8 Å². The summed E-state index contributed by atoms with van der Waals surface area (Å²) in [4.78, 5) is 12.9. The van der Waals surface area contributed by atoms with E-state index in [9.17, 15) is 10.0 Å². The van der Waals surface area contributed by atoms with Crippen LogP contribution in [0.1, 0.15) is 39.4 Å². The summed E-state index contributed by atoms with van der Waals surface area (Å²) in [5.74, 6) is -0.474. The summed E-state index contributed by atoms with van der Waals surface area (Å²) >= 11 is 0. The maximum atomic E-state index is 12.9. The number of nitrogens with zero attached hydrogens (tertiary/aromatic N) is 1. The Morgan fingerprint density at radius 1 is 1.10 bits per heavy atom. The number of oxime groups is 1. The molecule has 1 aliphatic carbocycles. The van der Waals surface area contributed by atoms with Gasteiger partial charge in [-0.1, -0.05) is 59.3 Å². The molecule has 0 heterocycles. The number of benzene rings is 2. The normalized spacial score (nSPS) is 19.3. The lowest BCUT2D eigenvalue weighted by Gasteiger charge is -2.25. The van der Waals surface area contributed by atoms with Crippen molar-refractivity contribution in [2.45, 2.75) is 25.7 Å². The minimum absolute atomic E-state index is 0.00468. The summed E-state index contributed by atoms with van der Waals surface area (Å²) in [5.41, 5.74) is 4.45. The third-order valence-electron chi connectivity index (χ3n) is 4.08. The average molecular weight is 279 g/mol. The van der Waals surface area contributed by atoms with Gasteiger partial charge < -0.3 is 5.21 Å². The Kier molecular flexibility index (Phi) is 3.57. The number of rotatable bonds is 2. The SMILES string of the molecule is Cc1ccc(C(=O)C2/C(=N\O)CCc3ccccc32)cc1. The number of hydrogen-bond donors (Lipinski definition) is 1. The predicted octanol–water partition coefficient (Wildman–Crippen LogP) is 3.74. The molecule has 0 bridgehead atoms. The molecule has 1 aliphatic rings. The van der Waals surface area contributed by atoms with E-state index in [-0.39, 0.29) is 5.78 Å². The molecule has 0 saturated heterocycles. The van der Waals surface area contributed by atoms with Crippen LogP contribution in [0.25, 0.3) is 0 Å². The number of hydrogen-bond acceptors (Lipinski definition) is 3. The minimum atomic E-state index is -0.470. The molecule has 0 amide bonds. The zero-order chi connectivity index (χ0) is 14.8. The largest absolute Gasteiger partial charge is 0.411 e. The van der Waals surface area contributed by atoms with Crippen LogP contribution < -0.4 is 0 Å². The number of carbonyl (C=O) groups is 1. The molecule has 0 saturated carbocycles. The van der Waals surface area contributed by atoms with Gasteiger partial charge >= 0.3 is 0 Å². The molecule has 0 radical (unpaired) electrons. The van der Waals surface area contributed by atoms with Crippen molar-refractivity contribution in [3.63, 3.8) is 0 Å². The van der Waals surface area contributed by atoms with E-state index in [0.717, 1.165) is 23.1 Å². The van der Waals surface area contributed by atoms with Gasteiger partial charge in [0.25, 0.3) is 0 Å². The van der Waals surface area contributed by atoms with Gasteiger partial charge in [-0.2, -0.15) is 0 Å². The summed E-state index contributed by atoms with van der Waals surface area (Å²) in [6.45, 7) is 1.99. The zero-order valence-corrected chi connectivity index (χ0v) is 11.9. The molecule has 1 atom stereocenters. The van der Waals surface area contributed by atoms with Crippen LogP contribution in [0.5, 0.6) is 0 Å². The molecule has 1 N–H and O–H groups in total. The van der Waals surface area contributed by atoms with Gasteiger partial charge in [-0.25, -0.2) is 0 Å². The van der Waals surface area contributed by atoms with E-state index in [1.54, 1.807) is 0 Å². The smallest absolute Gasteiger partial charge is 0.176 e. The highest BCUT2D eigenvalue weighted by molar-refractivity contribution is 6.17. The number of carbonyl (C=O) groups excluding carboxylic acids is 1. The van der Waals surface area contributed by atoms with Crippen LogP contribution in [0.15, 0.2) is 53.7 Å². The van der Waals surface area contributed by atoms with Crippen molar-refractivity contribution in [3.8, 4) is 0 Å². The second-order valence-corrected chi connectivity index (χ2v) is 5.45. The maximum Gasteiger partial charge on any atom is 0.176 e. The number of aryl methyl sites for hydroxylation is 2. The molecular formula is C18H17NO2. The van der Waals surface area contributed by atoms with Gasteiger partial charge in [-0.05, 0) is 30.9 Å². The molecule has 0 aliphatic heterocycles. The van der Waals surface area contributed by atoms with Crippen LogP contribution in [0.2, 0.25) is 0 Å². The van der Waals surface area contributed by atoms with Gasteiger partial charge in [0, 0.05) is 5.56 Å². The highest BCUT2D eigenvalue weighted by Crippen LogP contribution is 2.32. The van der Waals surface area contributed by atoms with Gasteiger partial charge in [-0.15, -0.1) is 0 Å². The molecule has 21 heavy (non-hydrogen) atoms. The number of ketones is 1. The Hall–Kier alpha value is -2.42. The highest BCUT2D eigenvalue weighted by atomic mass is 16.4. The van der Waals surface area contributed by atoms with Crippen molar-refractivity contribution >= 4 is 11.5 Å². The Morgan fingerprint density at radius 3 is 2.52 bits per heavy atom. The maximum absolute atomic E-state index is 12.9. The fourth-order valence-corrected chi connectivity index (χ4v) is 2.91. The Labute approximate surface area is 123 Å². The first-order valence-electron chi connectivity index (χ1n) is 7.10. The van der Waals surface area contributed by atoms with Crippen molar-refractivity contribution in [1.82, 2.24) is 0 Å². The van der Waals surface area contributed by atoms with Crippen molar-refractivity contribution in [1.29, 1.82) is 0 Å². The molecular weight excluding hydrogens is 262 g/mol. The van der Waals surface area contributed by atoms with Crippen LogP contribution >= 0.6 is 0 Å². The van der Waals surface area contributed by atoms with Crippen molar-refractivity contribution in [2.24, 2.45) is 5.16 Å². The Bertz CT molecular complexity index is 701. The average Bonchev–Trinajstić information content (AvgIpc) is 2.53. The summed E-state index contributed by atoms with van der Waals surface area (Å²) in [6, 6.07) is 15.4. The van der Waals surface area contributed by atoms with Crippen LogP contribution in [0, 0.1) is 6.92 Å². The third-order valence-corrected chi connectivity index (χ3v) is 4.08. The molecule has 2 aromatic rings. The first-order chi connectivity index (χ1) is 10.2. The summed E-state index contributed by atoms with van der Waals surface area (Å²) in [6.07, 6.45) is 1.43. The molecule has 3 rings (SSSR count). The third kappa shape index (κ3) is 2.47. The second kappa shape index (κ2) is 5.52. The first kappa shape index (κ1) is 13.6. The van der Waals surface area contributed by atoms with Crippen molar-refractivity contribution < 1.29 is 10.0 Å². The lowest BCUT2D eigenvalue weighted by Crippen LogP contribution is -2.27. The Morgan fingerprint density at radius 2 is 1.81 bits per heavy atom. The highest BCUT2D eigenvalue weighted by Gasteiger charge is 2.32. The molecule has 0 aromatic heterocycles. The van der Waals surface area contributed by atoms with E-state index in [1.807, 2.05) is 55.5 Å². The quantitative estimate of drug-likeness (QED) is 0.517. The van der Waals surface area contributed by atoms with Crippen LogP contribution in [0.4, 0.5) is 0 Å². The molecule has 1 unspecified atom stereocenters. The first-order valence-corrected chi connectivity index (χ1v) is 7.10. The van der Waals surface area contributed by atoms with Gasteiger partial charge in [0.2, 0.25) is 0 Å². The summed E-state index contributed by atoms with van der Waals surface area (Å²) in [7, 11) is 0. The van der Waals surface area contributed by atoms with E-state index < -0.39 is 5.92 Å².